The van der Waals surface area contributed by atoms with Crippen molar-refractivity contribution in [2.45, 2.75) is 6.29 Å². The van der Waals surface area contributed by atoms with Gasteiger partial charge in [-0.15, -0.1) is 0 Å². The summed E-state index contributed by atoms with van der Waals surface area (Å²) >= 11 is 0. The molecule has 0 bridgehead atoms. The zero-order valence-electron chi connectivity index (χ0n) is 5.77. The van der Waals surface area contributed by atoms with Gasteiger partial charge in [0.1, 0.15) is 11.8 Å². The number of nitrogens with zero attached hydrogens (tertiary/aromatic N) is 1. The number of hydrogen-bond donors (Lipinski definition) is 1. The Bertz CT molecular complexity index is 253. The number of benzene rings is 1. The highest BCUT2D eigenvalue weighted by molar-refractivity contribution is 5.21. The van der Waals surface area contributed by atoms with Gasteiger partial charge in [0, 0.05) is 0 Å². The first kappa shape index (κ1) is 7.58. The molecule has 0 aliphatic carbocycles. The zero-order chi connectivity index (χ0) is 8.10. The van der Waals surface area contributed by atoms with Crippen molar-refractivity contribution in [2.24, 2.45) is 0 Å². The fourth-order valence-corrected chi connectivity index (χ4v) is 0.654. The molecule has 0 radical (unpaired) electrons. The number of aliphatic hydroxyl groups is 1. The number of para-hydroxylation sites is 1. The Kier molecular flexibility index (Phi) is 2.47. The lowest BCUT2D eigenvalue weighted by atomic mass is 10.3. The highest BCUT2D eigenvalue weighted by Gasteiger charge is 2.00. The maximum atomic E-state index is 8.73. The van der Waals surface area contributed by atoms with Crippen molar-refractivity contribution in [1.29, 1.82) is 5.26 Å². The van der Waals surface area contributed by atoms with E-state index in [9.17, 15) is 0 Å². The molecule has 0 aromatic heterocycles. The summed E-state index contributed by atoms with van der Waals surface area (Å²) < 4.78 is 4.76. The predicted octanol–water partition coefficient (Wildman–Crippen LogP) is 0.907. The molecule has 1 N–H and O–H groups in total. The lowest BCUT2D eigenvalue weighted by molar-refractivity contribution is 0.0314. The van der Waals surface area contributed by atoms with Crippen molar-refractivity contribution >= 4 is 0 Å². The Morgan fingerprint density at radius 2 is 2.00 bits per heavy atom. The van der Waals surface area contributed by atoms with E-state index >= 15 is 0 Å². The van der Waals surface area contributed by atoms with E-state index in [1.54, 1.807) is 30.3 Å². The fraction of sp³-hybridized carbons (Fsp3) is 0.125. The van der Waals surface area contributed by atoms with Gasteiger partial charge in [0.25, 0.3) is 6.29 Å². The lowest BCUT2D eigenvalue weighted by Crippen LogP contribution is -2.11. The molecule has 1 unspecified atom stereocenters. The molecular formula is C8H7NO2. The normalized spacial score (nSPS) is 11.6. The minimum absolute atomic E-state index is 0.488. The summed E-state index contributed by atoms with van der Waals surface area (Å²) in [5.74, 6) is 0.488. The van der Waals surface area contributed by atoms with Gasteiger partial charge in [-0.05, 0) is 12.1 Å². The summed E-state index contributed by atoms with van der Waals surface area (Å²) in [5, 5.41) is 16.9. The summed E-state index contributed by atoms with van der Waals surface area (Å²) in [4.78, 5) is 0. The Balaban J connectivity index is 2.60. The van der Waals surface area contributed by atoms with Crippen LogP contribution in [-0.2, 0) is 0 Å². The van der Waals surface area contributed by atoms with Gasteiger partial charge in [-0.25, -0.2) is 0 Å². The molecule has 0 heterocycles. The first-order chi connectivity index (χ1) is 5.33. The van der Waals surface area contributed by atoms with E-state index < -0.39 is 6.29 Å². The molecule has 1 aromatic carbocycles. The highest BCUT2D eigenvalue weighted by Crippen LogP contribution is 2.09. The molecule has 3 nitrogen and oxygen atoms in total. The van der Waals surface area contributed by atoms with Crippen molar-refractivity contribution in [3.05, 3.63) is 30.3 Å². The van der Waals surface area contributed by atoms with Crippen LogP contribution < -0.4 is 4.74 Å². The largest absolute Gasteiger partial charge is 0.452 e. The Hall–Kier alpha value is -1.53. The molecule has 1 aromatic rings. The van der Waals surface area contributed by atoms with Gasteiger partial charge in [0.05, 0.1) is 0 Å². The third-order valence-corrected chi connectivity index (χ3v) is 1.10. The van der Waals surface area contributed by atoms with Gasteiger partial charge in [-0.3, -0.25) is 0 Å². The van der Waals surface area contributed by atoms with Gasteiger partial charge < -0.3 is 9.84 Å². The smallest absolute Gasteiger partial charge is 0.287 e. The van der Waals surface area contributed by atoms with Crippen LogP contribution in [0.5, 0.6) is 5.75 Å². The van der Waals surface area contributed by atoms with Gasteiger partial charge in [0.15, 0.2) is 0 Å². The summed E-state index contributed by atoms with van der Waals surface area (Å²) in [6.45, 7) is 0. The van der Waals surface area contributed by atoms with Crippen molar-refractivity contribution in [3.8, 4) is 11.8 Å². The third-order valence-electron chi connectivity index (χ3n) is 1.10. The number of hydrogen-bond acceptors (Lipinski definition) is 3. The summed E-state index contributed by atoms with van der Waals surface area (Å²) in [5.41, 5.74) is 0. The lowest BCUT2D eigenvalue weighted by Gasteiger charge is -2.04. The minimum atomic E-state index is -1.38. The van der Waals surface area contributed by atoms with Crippen LogP contribution in [0.15, 0.2) is 30.3 Å². The van der Waals surface area contributed by atoms with E-state index in [0.29, 0.717) is 5.75 Å². The van der Waals surface area contributed by atoms with Crippen LogP contribution >= 0.6 is 0 Å². The van der Waals surface area contributed by atoms with Gasteiger partial charge in [0.2, 0.25) is 0 Å². The second-order valence-electron chi connectivity index (χ2n) is 1.91. The molecule has 0 saturated carbocycles. The monoisotopic (exact) mass is 149 g/mol. The van der Waals surface area contributed by atoms with E-state index in [1.165, 1.54) is 0 Å². The van der Waals surface area contributed by atoms with Crippen LogP contribution in [0, 0.1) is 11.3 Å². The molecule has 0 amide bonds. The Morgan fingerprint density at radius 3 is 2.55 bits per heavy atom. The summed E-state index contributed by atoms with van der Waals surface area (Å²) in [7, 11) is 0. The zero-order valence-corrected chi connectivity index (χ0v) is 5.77. The van der Waals surface area contributed by atoms with Crippen molar-refractivity contribution in [3.63, 3.8) is 0 Å². The van der Waals surface area contributed by atoms with Crippen LogP contribution in [0.2, 0.25) is 0 Å². The fourth-order valence-electron chi connectivity index (χ4n) is 0.654. The number of aliphatic hydroxyl groups excluding tert-OH is 1. The van der Waals surface area contributed by atoms with E-state index in [1.807, 2.05) is 6.07 Å². The van der Waals surface area contributed by atoms with E-state index in [4.69, 9.17) is 15.1 Å². The molecule has 0 aliphatic heterocycles. The van der Waals surface area contributed by atoms with Crippen LogP contribution in [-0.4, -0.2) is 11.4 Å². The molecule has 3 heteroatoms. The Morgan fingerprint density at radius 1 is 1.36 bits per heavy atom. The maximum absolute atomic E-state index is 8.73. The highest BCUT2D eigenvalue weighted by atomic mass is 16.6. The van der Waals surface area contributed by atoms with Crippen LogP contribution in [0.25, 0.3) is 0 Å². The van der Waals surface area contributed by atoms with Crippen molar-refractivity contribution in [2.75, 3.05) is 0 Å². The van der Waals surface area contributed by atoms with E-state index in [-0.39, 0.29) is 0 Å². The molecular weight excluding hydrogens is 142 g/mol. The van der Waals surface area contributed by atoms with Gasteiger partial charge in [-0.2, -0.15) is 5.26 Å². The molecule has 0 spiro atoms. The summed E-state index contributed by atoms with van der Waals surface area (Å²) in [6.07, 6.45) is -1.38. The van der Waals surface area contributed by atoms with Crippen LogP contribution in [0.4, 0.5) is 0 Å². The second-order valence-corrected chi connectivity index (χ2v) is 1.91. The molecule has 1 rings (SSSR count). The van der Waals surface area contributed by atoms with E-state index in [0.717, 1.165) is 0 Å². The van der Waals surface area contributed by atoms with Gasteiger partial charge in [-0.1, -0.05) is 18.2 Å². The number of ether oxygens (including phenoxy) is 1. The third kappa shape index (κ3) is 2.28. The first-order valence-electron chi connectivity index (χ1n) is 3.12. The molecule has 1 atom stereocenters. The Labute approximate surface area is 64.5 Å². The van der Waals surface area contributed by atoms with Gasteiger partial charge >= 0.3 is 0 Å². The van der Waals surface area contributed by atoms with Crippen LogP contribution in [0.3, 0.4) is 0 Å². The molecule has 11 heavy (non-hydrogen) atoms. The van der Waals surface area contributed by atoms with E-state index in [2.05, 4.69) is 0 Å². The topological polar surface area (TPSA) is 53.2 Å². The average molecular weight is 149 g/mol. The molecule has 0 saturated heterocycles. The molecule has 0 fully saturated rings. The predicted molar refractivity (Wildman–Crippen MR) is 38.7 cm³/mol. The molecule has 56 valence electrons. The quantitative estimate of drug-likeness (QED) is 0.502. The summed E-state index contributed by atoms with van der Waals surface area (Å²) in [6, 6.07) is 10.2. The SMILES string of the molecule is N#CC(O)Oc1ccccc1. The maximum Gasteiger partial charge on any atom is 0.287 e. The second kappa shape index (κ2) is 3.59. The minimum Gasteiger partial charge on any atom is -0.452 e. The van der Waals surface area contributed by atoms with Crippen LogP contribution in [0.1, 0.15) is 0 Å². The molecule has 0 aliphatic rings. The van der Waals surface area contributed by atoms with Crippen molar-refractivity contribution < 1.29 is 9.84 Å². The standard InChI is InChI=1S/C8H7NO2/c9-6-8(10)11-7-4-2-1-3-5-7/h1-5,8,10H. The average Bonchev–Trinajstić information content (AvgIpc) is 2.06. The van der Waals surface area contributed by atoms with Crippen molar-refractivity contribution in [1.82, 2.24) is 0 Å². The number of nitriles is 1. The first-order valence-corrected chi connectivity index (χ1v) is 3.12. The number of rotatable bonds is 2.